The highest BCUT2D eigenvalue weighted by atomic mass is 16.5. The Labute approximate surface area is 114 Å². The van der Waals surface area contributed by atoms with E-state index in [1.807, 2.05) is 43.3 Å². The minimum absolute atomic E-state index is 0.563. The van der Waals surface area contributed by atoms with E-state index in [0.29, 0.717) is 6.61 Å². The first-order chi connectivity index (χ1) is 9.11. The minimum atomic E-state index is -0.586. The maximum Gasteiger partial charge on any atom is 0.104 e. The van der Waals surface area contributed by atoms with Gasteiger partial charge in [0.15, 0.2) is 0 Å². The molecular weight excluding hydrogens is 236 g/mol. The maximum atomic E-state index is 10.5. The molecule has 0 saturated carbocycles. The van der Waals surface area contributed by atoms with Crippen LogP contribution in [0.1, 0.15) is 33.9 Å². The average Bonchev–Trinajstić information content (AvgIpc) is 2.39. The zero-order chi connectivity index (χ0) is 13.8. The summed E-state index contributed by atoms with van der Waals surface area (Å²) in [6.45, 7) is 4.65. The highest BCUT2D eigenvalue weighted by Gasteiger charge is 2.13. The van der Waals surface area contributed by atoms with Gasteiger partial charge in [-0.05, 0) is 36.1 Å². The molecule has 0 aromatic heterocycles. The lowest BCUT2D eigenvalue weighted by atomic mass is 9.95. The van der Waals surface area contributed by atoms with E-state index >= 15 is 0 Å². The van der Waals surface area contributed by atoms with Gasteiger partial charge in [-0.2, -0.15) is 0 Å². The lowest BCUT2D eigenvalue weighted by molar-refractivity contribution is 0.184. The molecule has 19 heavy (non-hydrogen) atoms. The fourth-order valence-electron chi connectivity index (χ4n) is 2.33. The second-order valence-electron chi connectivity index (χ2n) is 4.94. The van der Waals surface area contributed by atoms with Crippen molar-refractivity contribution in [1.29, 1.82) is 0 Å². The zero-order valence-corrected chi connectivity index (χ0v) is 11.7. The number of aliphatic hydroxyl groups is 1. The first kappa shape index (κ1) is 13.8. The number of ether oxygens (including phenoxy) is 1. The van der Waals surface area contributed by atoms with Crippen molar-refractivity contribution in [1.82, 2.24) is 0 Å². The predicted molar refractivity (Wildman–Crippen MR) is 77.1 cm³/mol. The maximum absolute atomic E-state index is 10.5. The van der Waals surface area contributed by atoms with Gasteiger partial charge in [-0.1, -0.05) is 48.0 Å². The molecule has 2 rings (SSSR count). The molecule has 0 radical (unpaired) electrons. The summed E-state index contributed by atoms with van der Waals surface area (Å²) >= 11 is 0. The molecule has 2 nitrogen and oxygen atoms in total. The van der Waals surface area contributed by atoms with Crippen LogP contribution in [0.5, 0.6) is 0 Å². The van der Waals surface area contributed by atoms with Crippen LogP contribution in [-0.2, 0) is 11.3 Å². The van der Waals surface area contributed by atoms with Gasteiger partial charge in [-0.15, -0.1) is 0 Å². The molecule has 0 amide bonds. The predicted octanol–water partition coefficient (Wildman–Crippen LogP) is 3.53. The summed E-state index contributed by atoms with van der Waals surface area (Å²) < 4.78 is 5.13. The summed E-state index contributed by atoms with van der Waals surface area (Å²) in [5.41, 5.74) is 5.26. The van der Waals surface area contributed by atoms with Crippen molar-refractivity contribution >= 4 is 0 Å². The van der Waals surface area contributed by atoms with Crippen molar-refractivity contribution in [2.75, 3.05) is 7.11 Å². The molecular formula is C17H20O2. The molecule has 0 aliphatic carbocycles. The van der Waals surface area contributed by atoms with Crippen LogP contribution >= 0.6 is 0 Å². The quantitative estimate of drug-likeness (QED) is 0.906. The summed E-state index contributed by atoms with van der Waals surface area (Å²) in [6.07, 6.45) is -0.586. The zero-order valence-electron chi connectivity index (χ0n) is 11.7. The molecule has 1 unspecified atom stereocenters. The number of aryl methyl sites for hydroxylation is 2. The summed E-state index contributed by atoms with van der Waals surface area (Å²) in [7, 11) is 1.67. The lowest BCUT2D eigenvalue weighted by Crippen LogP contribution is -2.03. The molecule has 1 N–H and O–H groups in total. The SMILES string of the molecule is COCc1cccc(C(O)c2ccc(C)cc2C)c1. The Balaban J connectivity index is 2.32. The summed E-state index contributed by atoms with van der Waals surface area (Å²) in [5, 5.41) is 10.5. The van der Waals surface area contributed by atoms with Gasteiger partial charge < -0.3 is 9.84 Å². The first-order valence-electron chi connectivity index (χ1n) is 6.45. The van der Waals surface area contributed by atoms with E-state index < -0.39 is 6.10 Å². The van der Waals surface area contributed by atoms with Crippen molar-refractivity contribution in [3.05, 3.63) is 70.3 Å². The third-order valence-corrected chi connectivity index (χ3v) is 3.30. The molecule has 2 aromatic carbocycles. The van der Waals surface area contributed by atoms with Gasteiger partial charge in [0.25, 0.3) is 0 Å². The third kappa shape index (κ3) is 3.22. The molecule has 2 aromatic rings. The Morgan fingerprint density at radius 3 is 2.58 bits per heavy atom. The molecule has 1 atom stereocenters. The fraction of sp³-hybridized carbons (Fsp3) is 0.294. The summed E-state index contributed by atoms with van der Waals surface area (Å²) in [4.78, 5) is 0. The highest BCUT2D eigenvalue weighted by Crippen LogP contribution is 2.26. The minimum Gasteiger partial charge on any atom is -0.384 e. The molecule has 0 saturated heterocycles. The Morgan fingerprint density at radius 1 is 1.11 bits per heavy atom. The van der Waals surface area contributed by atoms with Gasteiger partial charge in [-0.25, -0.2) is 0 Å². The number of hydrogen-bond donors (Lipinski definition) is 1. The fourth-order valence-corrected chi connectivity index (χ4v) is 2.33. The number of benzene rings is 2. The summed E-state index contributed by atoms with van der Waals surface area (Å²) in [5.74, 6) is 0. The first-order valence-corrected chi connectivity index (χ1v) is 6.45. The Morgan fingerprint density at radius 2 is 1.89 bits per heavy atom. The van der Waals surface area contributed by atoms with Gasteiger partial charge in [0.2, 0.25) is 0 Å². The van der Waals surface area contributed by atoms with Crippen LogP contribution in [0.15, 0.2) is 42.5 Å². The van der Waals surface area contributed by atoms with Crippen molar-refractivity contribution in [2.45, 2.75) is 26.6 Å². The topological polar surface area (TPSA) is 29.5 Å². The molecule has 100 valence electrons. The third-order valence-electron chi connectivity index (χ3n) is 3.30. The van der Waals surface area contributed by atoms with E-state index in [-0.39, 0.29) is 0 Å². The van der Waals surface area contributed by atoms with Crippen molar-refractivity contribution in [2.24, 2.45) is 0 Å². The second-order valence-corrected chi connectivity index (χ2v) is 4.94. The van der Waals surface area contributed by atoms with Crippen molar-refractivity contribution in [3.63, 3.8) is 0 Å². The van der Waals surface area contributed by atoms with E-state index in [1.165, 1.54) is 5.56 Å². The van der Waals surface area contributed by atoms with Crippen LogP contribution in [0.2, 0.25) is 0 Å². The van der Waals surface area contributed by atoms with E-state index in [4.69, 9.17) is 4.74 Å². The highest BCUT2D eigenvalue weighted by molar-refractivity contribution is 5.38. The largest absolute Gasteiger partial charge is 0.384 e. The van der Waals surface area contributed by atoms with Crippen LogP contribution in [0.3, 0.4) is 0 Å². The number of rotatable bonds is 4. The van der Waals surface area contributed by atoms with Gasteiger partial charge in [0.05, 0.1) is 6.61 Å². The van der Waals surface area contributed by atoms with Gasteiger partial charge in [-0.3, -0.25) is 0 Å². The number of hydrogen-bond acceptors (Lipinski definition) is 2. The molecule has 0 aliphatic heterocycles. The van der Waals surface area contributed by atoms with E-state index in [2.05, 4.69) is 13.0 Å². The Kier molecular flexibility index (Phi) is 4.35. The normalized spacial score (nSPS) is 12.4. The Bertz CT molecular complexity index is 561. The average molecular weight is 256 g/mol. The molecule has 0 spiro atoms. The van der Waals surface area contributed by atoms with Gasteiger partial charge in [0, 0.05) is 7.11 Å². The van der Waals surface area contributed by atoms with E-state index in [0.717, 1.165) is 22.3 Å². The lowest BCUT2D eigenvalue weighted by Gasteiger charge is -2.15. The standard InChI is InChI=1S/C17H20O2/c1-12-7-8-16(13(2)9-12)17(18)15-6-4-5-14(10-15)11-19-3/h4-10,17-18H,11H2,1-3H3. The molecule has 0 heterocycles. The summed E-state index contributed by atoms with van der Waals surface area (Å²) in [6, 6.07) is 14.0. The van der Waals surface area contributed by atoms with Crippen molar-refractivity contribution < 1.29 is 9.84 Å². The Hall–Kier alpha value is -1.64. The second kappa shape index (κ2) is 6.00. The van der Waals surface area contributed by atoms with Gasteiger partial charge in [0.1, 0.15) is 6.10 Å². The van der Waals surface area contributed by atoms with Crippen LogP contribution in [0.4, 0.5) is 0 Å². The van der Waals surface area contributed by atoms with Crippen LogP contribution in [0.25, 0.3) is 0 Å². The number of aliphatic hydroxyl groups excluding tert-OH is 1. The van der Waals surface area contributed by atoms with Crippen LogP contribution < -0.4 is 0 Å². The number of methoxy groups -OCH3 is 1. The molecule has 0 aliphatic rings. The van der Waals surface area contributed by atoms with E-state index in [1.54, 1.807) is 7.11 Å². The molecule has 0 fully saturated rings. The van der Waals surface area contributed by atoms with E-state index in [9.17, 15) is 5.11 Å². The molecule has 0 bridgehead atoms. The monoisotopic (exact) mass is 256 g/mol. The van der Waals surface area contributed by atoms with Crippen LogP contribution in [0, 0.1) is 13.8 Å². The van der Waals surface area contributed by atoms with Crippen LogP contribution in [-0.4, -0.2) is 12.2 Å². The molecule has 2 heteroatoms. The smallest absolute Gasteiger partial charge is 0.104 e. The van der Waals surface area contributed by atoms with Gasteiger partial charge >= 0.3 is 0 Å². The van der Waals surface area contributed by atoms with Crippen molar-refractivity contribution in [3.8, 4) is 0 Å².